The number of aryl methyl sites for hydroxylation is 2. The third-order valence-corrected chi connectivity index (χ3v) is 6.60. The Morgan fingerprint density at radius 3 is 2.33 bits per heavy atom. The summed E-state index contributed by atoms with van der Waals surface area (Å²) in [5.74, 6) is 0.0416. The van der Waals surface area contributed by atoms with Crippen molar-refractivity contribution in [1.29, 1.82) is 0 Å². The summed E-state index contributed by atoms with van der Waals surface area (Å²) in [5.41, 5.74) is 2.73. The first-order chi connectivity index (χ1) is 14.2. The fourth-order valence-electron chi connectivity index (χ4n) is 3.14. The Hall–Kier alpha value is -1.76. The van der Waals surface area contributed by atoms with Crippen molar-refractivity contribution in [3.63, 3.8) is 0 Å². The van der Waals surface area contributed by atoms with Crippen LogP contribution in [0.25, 0.3) is 0 Å². The second kappa shape index (κ2) is 11.0. The molecule has 0 aliphatic rings. The molecule has 0 aliphatic heterocycles. The van der Waals surface area contributed by atoms with Gasteiger partial charge < -0.3 is 15.0 Å². The Labute approximate surface area is 195 Å². The molecule has 0 saturated heterocycles. The van der Waals surface area contributed by atoms with Crippen LogP contribution in [-0.2, 0) is 16.1 Å². The van der Waals surface area contributed by atoms with Crippen LogP contribution in [0.5, 0.6) is 5.75 Å². The maximum absolute atomic E-state index is 13.1. The van der Waals surface area contributed by atoms with Gasteiger partial charge in [-0.15, -0.1) is 0 Å². The van der Waals surface area contributed by atoms with Crippen LogP contribution >= 0.6 is 39.1 Å². The van der Waals surface area contributed by atoms with Gasteiger partial charge in [0, 0.05) is 28.1 Å². The minimum atomic E-state index is -0.647. The van der Waals surface area contributed by atoms with Crippen LogP contribution in [0, 0.1) is 13.8 Å². The summed E-state index contributed by atoms with van der Waals surface area (Å²) < 4.78 is 6.77. The van der Waals surface area contributed by atoms with E-state index in [1.165, 1.54) is 4.90 Å². The second-order valence-corrected chi connectivity index (χ2v) is 8.59. The first kappa shape index (κ1) is 24.5. The van der Waals surface area contributed by atoms with E-state index in [0.29, 0.717) is 27.8 Å². The van der Waals surface area contributed by atoms with Crippen molar-refractivity contribution in [3.05, 3.63) is 61.5 Å². The summed E-state index contributed by atoms with van der Waals surface area (Å²) in [7, 11) is 1.55. The number of hydrogen-bond acceptors (Lipinski definition) is 3. The summed E-state index contributed by atoms with van der Waals surface area (Å²) in [6.07, 6.45) is 0.452. The molecule has 0 aliphatic carbocycles. The predicted molar refractivity (Wildman–Crippen MR) is 124 cm³/mol. The molecule has 0 unspecified atom stereocenters. The summed E-state index contributed by atoms with van der Waals surface area (Å²) in [4.78, 5) is 27.0. The van der Waals surface area contributed by atoms with Gasteiger partial charge >= 0.3 is 0 Å². The first-order valence-corrected chi connectivity index (χ1v) is 11.1. The third-order valence-electron chi connectivity index (χ3n) is 4.76. The molecule has 162 valence electrons. The first-order valence-electron chi connectivity index (χ1n) is 9.52. The fraction of sp³-hybridized carbons (Fsp3) is 0.364. The van der Waals surface area contributed by atoms with E-state index in [2.05, 4.69) is 21.2 Å². The number of nitrogens with zero attached hydrogens (tertiary/aromatic N) is 1. The quantitative estimate of drug-likeness (QED) is 0.518. The Kier molecular flexibility index (Phi) is 9.01. The molecular formula is C22H25BrCl2N2O3. The molecule has 5 nitrogen and oxygen atoms in total. The molecule has 30 heavy (non-hydrogen) atoms. The van der Waals surface area contributed by atoms with Gasteiger partial charge in [0.1, 0.15) is 11.8 Å². The topological polar surface area (TPSA) is 58.6 Å². The zero-order valence-corrected chi connectivity index (χ0v) is 20.5. The van der Waals surface area contributed by atoms with Crippen molar-refractivity contribution < 1.29 is 14.3 Å². The highest BCUT2D eigenvalue weighted by Crippen LogP contribution is 2.27. The lowest BCUT2D eigenvalue weighted by molar-refractivity contribution is -0.142. The van der Waals surface area contributed by atoms with Crippen molar-refractivity contribution in [2.75, 3.05) is 13.7 Å². The molecule has 0 bridgehead atoms. The van der Waals surface area contributed by atoms with E-state index >= 15 is 0 Å². The molecule has 0 saturated carbocycles. The van der Waals surface area contributed by atoms with Gasteiger partial charge in [-0.3, -0.25) is 9.59 Å². The third kappa shape index (κ3) is 6.13. The standard InChI is InChI=1S/C22H25BrCl2N2O3/c1-5-19(22(29)26-4)27(11-15-6-7-16(24)10-18(15)25)20(28)12-30-17-8-13(2)21(23)14(3)9-17/h6-10,19H,5,11-12H2,1-4H3,(H,26,29)/t19-/m0/s1. The van der Waals surface area contributed by atoms with Crippen molar-refractivity contribution in [2.45, 2.75) is 39.8 Å². The highest BCUT2D eigenvalue weighted by Gasteiger charge is 2.29. The fourth-order valence-corrected chi connectivity index (χ4v) is 3.83. The number of benzene rings is 2. The van der Waals surface area contributed by atoms with Gasteiger partial charge in [-0.2, -0.15) is 0 Å². The minimum Gasteiger partial charge on any atom is -0.484 e. The number of hydrogen-bond donors (Lipinski definition) is 1. The molecule has 2 rings (SSSR count). The molecule has 0 aromatic heterocycles. The number of carbonyl (C=O) groups is 2. The van der Waals surface area contributed by atoms with Crippen molar-refractivity contribution in [3.8, 4) is 5.75 Å². The van der Waals surface area contributed by atoms with Crippen molar-refractivity contribution in [1.82, 2.24) is 10.2 Å². The molecule has 0 radical (unpaired) electrons. The number of nitrogens with one attached hydrogen (secondary N) is 1. The van der Waals surface area contributed by atoms with E-state index in [1.54, 1.807) is 25.2 Å². The lowest BCUT2D eigenvalue weighted by Crippen LogP contribution is -2.49. The van der Waals surface area contributed by atoms with Gasteiger partial charge in [0.25, 0.3) is 5.91 Å². The van der Waals surface area contributed by atoms with Gasteiger partial charge in [0.05, 0.1) is 0 Å². The van der Waals surface area contributed by atoms with E-state index < -0.39 is 6.04 Å². The molecule has 1 N–H and O–H groups in total. The maximum atomic E-state index is 13.1. The van der Waals surface area contributed by atoms with Crippen LogP contribution in [0.1, 0.15) is 30.0 Å². The average Bonchev–Trinajstić information content (AvgIpc) is 2.71. The Morgan fingerprint density at radius 2 is 1.80 bits per heavy atom. The SMILES string of the molecule is CC[C@@H](C(=O)NC)N(Cc1ccc(Cl)cc1Cl)C(=O)COc1cc(C)c(Br)c(C)c1. The smallest absolute Gasteiger partial charge is 0.261 e. The van der Waals surface area contributed by atoms with Gasteiger partial charge in [0.15, 0.2) is 6.61 Å². The number of ether oxygens (including phenoxy) is 1. The number of rotatable bonds is 8. The van der Waals surface area contributed by atoms with Crippen LogP contribution in [-0.4, -0.2) is 36.4 Å². The molecule has 2 aromatic rings. The number of halogens is 3. The molecule has 1 atom stereocenters. The van der Waals surface area contributed by atoms with Crippen LogP contribution in [0.2, 0.25) is 10.0 Å². The molecule has 0 spiro atoms. The summed E-state index contributed by atoms with van der Waals surface area (Å²) in [6.45, 7) is 5.74. The van der Waals surface area contributed by atoms with E-state index in [-0.39, 0.29) is 25.0 Å². The lowest BCUT2D eigenvalue weighted by Gasteiger charge is -2.30. The number of carbonyl (C=O) groups excluding carboxylic acids is 2. The highest BCUT2D eigenvalue weighted by molar-refractivity contribution is 9.10. The van der Waals surface area contributed by atoms with Crippen LogP contribution in [0.4, 0.5) is 0 Å². The Morgan fingerprint density at radius 1 is 1.17 bits per heavy atom. The predicted octanol–water partition coefficient (Wildman–Crippen LogP) is 5.30. The van der Waals surface area contributed by atoms with Gasteiger partial charge in [-0.25, -0.2) is 0 Å². The minimum absolute atomic E-state index is 0.169. The van der Waals surface area contributed by atoms with Crippen LogP contribution in [0.15, 0.2) is 34.8 Å². The summed E-state index contributed by atoms with van der Waals surface area (Å²) >= 11 is 15.8. The number of amides is 2. The summed E-state index contributed by atoms with van der Waals surface area (Å²) in [6, 6.07) is 8.15. The molecule has 0 fully saturated rings. The van der Waals surface area contributed by atoms with E-state index in [9.17, 15) is 9.59 Å². The lowest BCUT2D eigenvalue weighted by atomic mass is 10.1. The number of likely N-dealkylation sites (N-methyl/N-ethyl adjacent to an activating group) is 1. The van der Waals surface area contributed by atoms with Crippen molar-refractivity contribution in [2.24, 2.45) is 0 Å². The van der Waals surface area contributed by atoms with Crippen LogP contribution in [0.3, 0.4) is 0 Å². The van der Waals surface area contributed by atoms with E-state index in [4.69, 9.17) is 27.9 Å². The van der Waals surface area contributed by atoms with Gasteiger partial charge in [-0.1, -0.05) is 52.1 Å². The van der Waals surface area contributed by atoms with Gasteiger partial charge in [0.2, 0.25) is 5.91 Å². The zero-order valence-electron chi connectivity index (χ0n) is 17.4. The second-order valence-electron chi connectivity index (χ2n) is 6.96. The summed E-state index contributed by atoms with van der Waals surface area (Å²) in [5, 5.41) is 3.56. The highest BCUT2D eigenvalue weighted by atomic mass is 79.9. The molecular weight excluding hydrogens is 491 g/mol. The molecule has 2 aromatic carbocycles. The normalized spacial score (nSPS) is 11.7. The maximum Gasteiger partial charge on any atom is 0.261 e. The Balaban J connectivity index is 2.26. The molecule has 0 heterocycles. The average molecular weight is 516 g/mol. The van der Waals surface area contributed by atoms with Crippen LogP contribution < -0.4 is 10.1 Å². The van der Waals surface area contributed by atoms with Crippen molar-refractivity contribution >= 4 is 50.9 Å². The van der Waals surface area contributed by atoms with Gasteiger partial charge in [-0.05, 0) is 61.2 Å². The van der Waals surface area contributed by atoms with E-state index in [1.807, 2.05) is 32.9 Å². The monoisotopic (exact) mass is 514 g/mol. The zero-order chi connectivity index (χ0) is 22.4. The van der Waals surface area contributed by atoms with E-state index in [0.717, 1.165) is 15.6 Å². The molecule has 8 heteroatoms. The largest absolute Gasteiger partial charge is 0.484 e. The molecule has 2 amide bonds. The Bertz CT molecular complexity index is 914.